The average Bonchev–Trinajstić information content (AvgIpc) is 3.45. The number of rotatable bonds is 10. The topological polar surface area (TPSA) is 91.0 Å². The van der Waals surface area contributed by atoms with Gasteiger partial charge in [-0.1, -0.05) is 17.7 Å². The largest absolute Gasteiger partial charge is 0.489 e. The second kappa shape index (κ2) is 11.7. The van der Waals surface area contributed by atoms with Crippen LogP contribution in [-0.4, -0.2) is 41.5 Å². The number of aryl methyl sites for hydroxylation is 2. The monoisotopic (exact) mass is 539 g/mol. The SMILES string of the molecule is Cc1cccc(-c2nc(CO[C@H]3CCC[C@@H](OCCOc4cc(C(F)(F)F)sc4C(=O)O)C3)c(C)o2)c1. The highest BCUT2D eigenvalue weighted by atomic mass is 32.1. The van der Waals surface area contributed by atoms with Crippen LogP contribution in [0.25, 0.3) is 11.5 Å². The molecular formula is C26H28F3NO6S. The maximum Gasteiger partial charge on any atom is 0.425 e. The third-order valence-corrected chi connectivity index (χ3v) is 7.21. The van der Waals surface area contributed by atoms with Crippen molar-refractivity contribution in [3.05, 3.63) is 57.1 Å². The van der Waals surface area contributed by atoms with Crippen molar-refractivity contribution in [2.75, 3.05) is 13.2 Å². The molecule has 2 atom stereocenters. The van der Waals surface area contributed by atoms with Gasteiger partial charge in [0, 0.05) is 11.6 Å². The van der Waals surface area contributed by atoms with E-state index in [0.717, 1.165) is 42.1 Å². The Labute approximate surface area is 216 Å². The van der Waals surface area contributed by atoms with Gasteiger partial charge in [0.05, 0.1) is 25.4 Å². The molecule has 11 heteroatoms. The number of carboxylic acid groups (broad SMARTS) is 1. The van der Waals surface area contributed by atoms with Crippen LogP contribution in [0, 0.1) is 13.8 Å². The fourth-order valence-corrected chi connectivity index (χ4v) is 5.01. The zero-order chi connectivity index (χ0) is 26.6. The number of oxazole rings is 1. The molecule has 0 amide bonds. The van der Waals surface area contributed by atoms with Gasteiger partial charge in [0.25, 0.3) is 0 Å². The van der Waals surface area contributed by atoms with E-state index in [2.05, 4.69) is 4.98 Å². The number of aromatic carboxylic acids is 1. The number of carbonyl (C=O) groups is 1. The first-order valence-electron chi connectivity index (χ1n) is 11.9. The molecule has 0 spiro atoms. The first-order chi connectivity index (χ1) is 17.6. The van der Waals surface area contributed by atoms with Crippen LogP contribution in [-0.2, 0) is 22.3 Å². The van der Waals surface area contributed by atoms with Crippen LogP contribution in [0.1, 0.15) is 57.2 Å². The van der Waals surface area contributed by atoms with Gasteiger partial charge in [-0.15, -0.1) is 11.3 Å². The summed E-state index contributed by atoms with van der Waals surface area (Å²) in [6, 6.07) is 8.65. The van der Waals surface area contributed by atoms with E-state index in [1.54, 1.807) is 0 Å². The summed E-state index contributed by atoms with van der Waals surface area (Å²) in [5.74, 6) is -0.493. The summed E-state index contributed by atoms with van der Waals surface area (Å²) in [6.07, 6.45) is -1.45. The van der Waals surface area contributed by atoms with Crippen LogP contribution in [0.15, 0.2) is 34.7 Å². The van der Waals surface area contributed by atoms with Crippen molar-refractivity contribution in [2.45, 2.75) is 64.5 Å². The minimum atomic E-state index is -4.63. The molecule has 1 aromatic carbocycles. The summed E-state index contributed by atoms with van der Waals surface area (Å²) in [7, 11) is 0. The van der Waals surface area contributed by atoms with Crippen LogP contribution >= 0.6 is 11.3 Å². The van der Waals surface area contributed by atoms with Gasteiger partial charge in [-0.25, -0.2) is 9.78 Å². The van der Waals surface area contributed by atoms with Gasteiger partial charge in [0.2, 0.25) is 5.89 Å². The Bertz CT molecular complexity index is 1220. The van der Waals surface area contributed by atoms with E-state index in [9.17, 15) is 18.0 Å². The van der Waals surface area contributed by atoms with Crippen molar-refractivity contribution in [2.24, 2.45) is 0 Å². The molecule has 4 rings (SSSR count). The van der Waals surface area contributed by atoms with Crippen molar-refractivity contribution < 1.29 is 41.7 Å². The van der Waals surface area contributed by atoms with E-state index < -0.39 is 21.9 Å². The number of thiophene rings is 1. The summed E-state index contributed by atoms with van der Waals surface area (Å²) in [4.78, 5) is 14.4. The Morgan fingerprint density at radius 2 is 1.92 bits per heavy atom. The van der Waals surface area contributed by atoms with Crippen molar-refractivity contribution in [1.29, 1.82) is 0 Å². The van der Waals surface area contributed by atoms with E-state index in [4.69, 9.17) is 23.7 Å². The number of nitrogens with zero attached hydrogens (tertiary/aromatic N) is 1. The number of hydrogen-bond donors (Lipinski definition) is 1. The van der Waals surface area contributed by atoms with Crippen molar-refractivity contribution in [3.8, 4) is 17.2 Å². The van der Waals surface area contributed by atoms with Gasteiger partial charge >= 0.3 is 12.1 Å². The molecule has 0 radical (unpaired) electrons. The molecule has 7 nitrogen and oxygen atoms in total. The van der Waals surface area contributed by atoms with E-state index in [1.165, 1.54) is 0 Å². The highest BCUT2D eigenvalue weighted by molar-refractivity contribution is 7.14. The standard InChI is InChI=1S/C26H28F3NO6S/c1-15-5-3-6-17(11-15)24-30-20(16(2)36-24)14-35-19-8-4-7-18(12-19)33-9-10-34-21-13-22(26(27,28)29)37-23(21)25(31)32/h3,5-6,11,13,18-19H,4,7-10,12,14H2,1-2H3,(H,31,32)/t18-,19+/m1/s1. The van der Waals surface area contributed by atoms with Crippen LogP contribution in [0.4, 0.5) is 13.2 Å². The lowest BCUT2D eigenvalue weighted by Crippen LogP contribution is -2.29. The van der Waals surface area contributed by atoms with Crippen molar-refractivity contribution >= 4 is 17.3 Å². The lowest BCUT2D eigenvalue weighted by atomic mass is 9.95. The molecule has 1 fully saturated rings. The minimum Gasteiger partial charge on any atom is -0.489 e. The zero-order valence-electron chi connectivity index (χ0n) is 20.5. The molecule has 0 aliphatic heterocycles. The van der Waals surface area contributed by atoms with Gasteiger partial charge in [-0.2, -0.15) is 13.2 Å². The predicted octanol–water partition coefficient (Wildman–Crippen LogP) is 6.66. The molecule has 2 aromatic heterocycles. The zero-order valence-corrected chi connectivity index (χ0v) is 21.3. The summed E-state index contributed by atoms with van der Waals surface area (Å²) < 4.78 is 61.8. The lowest BCUT2D eigenvalue weighted by Gasteiger charge is -2.29. The second-order valence-corrected chi connectivity index (χ2v) is 9.99. The summed E-state index contributed by atoms with van der Waals surface area (Å²) in [5.41, 5.74) is 2.78. The number of benzene rings is 1. The Morgan fingerprint density at radius 1 is 1.16 bits per heavy atom. The molecular weight excluding hydrogens is 511 g/mol. The first-order valence-corrected chi connectivity index (χ1v) is 12.8. The van der Waals surface area contributed by atoms with Gasteiger partial charge in [0.1, 0.15) is 28.7 Å². The molecule has 2 heterocycles. The van der Waals surface area contributed by atoms with Gasteiger partial charge < -0.3 is 23.7 Å². The molecule has 1 N–H and O–H groups in total. The number of hydrogen-bond acceptors (Lipinski definition) is 7. The molecule has 37 heavy (non-hydrogen) atoms. The van der Waals surface area contributed by atoms with Gasteiger partial charge in [0.15, 0.2) is 4.88 Å². The fraction of sp³-hybridized carbons (Fsp3) is 0.462. The summed E-state index contributed by atoms with van der Waals surface area (Å²) in [6.45, 7) is 4.25. The minimum absolute atomic E-state index is 0.0250. The normalized spacial score (nSPS) is 18.2. The molecule has 0 unspecified atom stereocenters. The van der Waals surface area contributed by atoms with E-state index >= 15 is 0 Å². The third-order valence-electron chi connectivity index (χ3n) is 6.06. The van der Waals surface area contributed by atoms with E-state index in [0.29, 0.717) is 24.7 Å². The van der Waals surface area contributed by atoms with Crippen LogP contribution in [0.5, 0.6) is 5.75 Å². The Balaban J connectivity index is 1.24. The smallest absolute Gasteiger partial charge is 0.425 e. The van der Waals surface area contributed by atoms with Crippen LogP contribution < -0.4 is 4.74 Å². The fourth-order valence-electron chi connectivity index (χ4n) is 4.20. The van der Waals surface area contributed by atoms with Crippen molar-refractivity contribution in [1.82, 2.24) is 4.98 Å². The Kier molecular flexibility index (Phi) is 8.56. The number of aromatic nitrogens is 1. The molecule has 1 aliphatic rings. The maximum absolute atomic E-state index is 12.9. The number of carboxylic acids is 1. The molecule has 1 aliphatic carbocycles. The Morgan fingerprint density at radius 3 is 2.62 bits per heavy atom. The molecule has 0 saturated heterocycles. The van der Waals surface area contributed by atoms with Gasteiger partial charge in [-0.3, -0.25) is 0 Å². The van der Waals surface area contributed by atoms with Crippen LogP contribution in [0.3, 0.4) is 0 Å². The molecule has 3 aromatic rings. The third kappa shape index (κ3) is 7.12. The lowest BCUT2D eigenvalue weighted by molar-refractivity contribution is -0.134. The quantitative estimate of drug-likeness (QED) is 0.288. The molecule has 1 saturated carbocycles. The molecule has 0 bridgehead atoms. The number of alkyl halides is 3. The summed E-state index contributed by atoms with van der Waals surface area (Å²) >= 11 is 0.148. The highest BCUT2D eigenvalue weighted by Gasteiger charge is 2.35. The van der Waals surface area contributed by atoms with Crippen molar-refractivity contribution in [3.63, 3.8) is 0 Å². The predicted molar refractivity (Wildman–Crippen MR) is 130 cm³/mol. The second-order valence-electron chi connectivity index (χ2n) is 8.94. The number of ether oxygens (including phenoxy) is 3. The van der Waals surface area contributed by atoms with E-state index in [-0.39, 0.29) is 42.5 Å². The first kappa shape index (κ1) is 27.2. The van der Waals surface area contributed by atoms with Gasteiger partial charge in [-0.05, 0) is 51.7 Å². The van der Waals surface area contributed by atoms with Crippen LogP contribution in [0.2, 0.25) is 0 Å². The van der Waals surface area contributed by atoms with E-state index in [1.807, 2.05) is 38.1 Å². The molecule has 200 valence electrons. The summed E-state index contributed by atoms with van der Waals surface area (Å²) in [5, 5.41) is 9.16. The number of halogens is 3. The Hall–Kier alpha value is -2.89. The highest BCUT2D eigenvalue weighted by Crippen LogP contribution is 2.40. The average molecular weight is 540 g/mol. The maximum atomic E-state index is 12.9.